The molecule has 1 aliphatic rings. The van der Waals surface area contributed by atoms with Gasteiger partial charge in [-0.2, -0.15) is 5.10 Å². The Labute approximate surface area is 210 Å². The first-order valence-corrected chi connectivity index (χ1v) is 11.7. The van der Waals surface area contributed by atoms with Gasteiger partial charge in [-0.1, -0.05) is 121 Å². The molecule has 0 spiro atoms. The second-order valence-corrected chi connectivity index (χ2v) is 8.30. The number of hydrogen-bond acceptors (Lipinski definition) is 4. The summed E-state index contributed by atoms with van der Waals surface area (Å²) in [5, 5.41) is 9.11. The van der Waals surface area contributed by atoms with E-state index in [1.807, 2.05) is 128 Å². The highest BCUT2D eigenvalue weighted by Gasteiger charge is 2.31. The highest BCUT2D eigenvalue weighted by Crippen LogP contribution is 2.39. The lowest BCUT2D eigenvalue weighted by Gasteiger charge is -2.07. The topological polar surface area (TPSA) is 51.0 Å². The SMILES string of the molecule is CC(/C=C1\OC(=O)C(c2ccccc2)=C1c1ccccc1)=N\N=C(c1ccccc1)c1ccccc1. The standard InChI is InChI=1S/C32H24N2O2/c1-23(33-34-31(26-18-10-4-11-19-26)27-20-12-5-13-21-27)22-28-29(24-14-6-2-7-15-24)30(32(35)36-28)25-16-8-3-9-17-25/h2-22H,1H3/b28-22-,33-23+. The van der Waals surface area contributed by atoms with Crippen LogP contribution in [0.4, 0.5) is 0 Å². The van der Waals surface area contributed by atoms with Gasteiger partial charge in [0.25, 0.3) is 0 Å². The predicted molar refractivity (Wildman–Crippen MR) is 146 cm³/mol. The van der Waals surface area contributed by atoms with Crippen molar-refractivity contribution in [2.24, 2.45) is 10.2 Å². The van der Waals surface area contributed by atoms with E-state index in [-0.39, 0.29) is 5.97 Å². The number of benzene rings is 4. The first kappa shape index (κ1) is 22.9. The Morgan fingerprint density at radius 2 is 1.06 bits per heavy atom. The summed E-state index contributed by atoms with van der Waals surface area (Å²) in [4.78, 5) is 13.0. The molecule has 0 atom stereocenters. The molecule has 4 aromatic rings. The van der Waals surface area contributed by atoms with E-state index in [1.165, 1.54) is 0 Å². The molecule has 0 fully saturated rings. The van der Waals surface area contributed by atoms with E-state index >= 15 is 0 Å². The minimum atomic E-state index is -0.378. The van der Waals surface area contributed by atoms with Gasteiger partial charge in [0.05, 0.1) is 11.3 Å². The molecule has 4 aromatic carbocycles. The number of hydrogen-bond donors (Lipinski definition) is 0. The molecule has 0 aromatic heterocycles. The Morgan fingerprint density at radius 1 is 0.611 bits per heavy atom. The van der Waals surface area contributed by atoms with Crippen LogP contribution in [0, 0.1) is 0 Å². The van der Waals surface area contributed by atoms with Crippen LogP contribution in [0.1, 0.15) is 29.2 Å². The van der Waals surface area contributed by atoms with E-state index in [0.717, 1.165) is 33.5 Å². The summed E-state index contributed by atoms with van der Waals surface area (Å²) >= 11 is 0. The molecule has 4 nitrogen and oxygen atoms in total. The number of allylic oxidation sites excluding steroid dienone is 2. The van der Waals surface area contributed by atoms with Gasteiger partial charge in [-0.15, -0.1) is 5.10 Å². The zero-order valence-corrected chi connectivity index (χ0v) is 19.8. The van der Waals surface area contributed by atoms with Crippen molar-refractivity contribution in [2.45, 2.75) is 6.92 Å². The lowest BCUT2D eigenvalue weighted by molar-refractivity contribution is -0.131. The number of carbonyl (C=O) groups is 1. The fourth-order valence-electron chi connectivity index (χ4n) is 4.11. The van der Waals surface area contributed by atoms with Crippen molar-refractivity contribution >= 4 is 28.5 Å². The number of ether oxygens (including phenoxy) is 1. The largest absolute Gasteiger partial charge is 0.422 e. The van der Waals surface area contributed by atoms with Crippen molar-refractivity contribution in [3.8, 4) is 0 Å². The second-order valence-electron chi connectivity index (χ2n) is 8.30. The monoisotopic (exact) mass is 468 g/mol. The Balaban J connectivity index is 1.59. The number of nitrogens with zero attached hydrogens (tertiary/aromatic N) is 2. The van der Waals surface area contributed by atoms with Gasteiger partial charge >= 0.3 is 5.97 Å². The lowest BCUT2D eigenvalue weighted by Crippen LogP contribution is -2.03. The van der Waals surface area contributed by atoms with Crippen LogP contribution in [-0.4, -0.2) is 17.4 Å². The molecule has 174 valence electrons. The maximum Gasteiger partial charge on any atom is 0.344 e. The Morgan fingerprint density at radius 3 is 1.56 bits per heavy atom. The van der Waals surface area contributed by atoms with Gasteiger partial charge in [-0.25, -0.2) is 4.79 Å². The summed E-state index contributed by atoms with van der Waals surface area (Å²) in [5.74, 6) is 0.0827. The Kier molecular flexibility index (Phi) is 6.77. The normalized spacial score (nSPS) is 14.6. The maximum atomic E-state index is 13.0. The predicted octanol–water partition coefficient (Wildman–Crippen LogP) is 6.95. The second kappa shape index (κ2) is 10.6. The van der Waals surface area contributed by atoms with Gasteiger partial charge in [0.2, 0.25) is 0 Å². The molecule has 0 aliphatic carbocycles. The van der Waals surface area contributed by atoms with E-state index in [1.54, 1.807) is 6.08 Å². The molecular formula is C32H24N2O2. The summed E-state index contributed by atoms with van der Waals surface area (Å²) in [7, 11) is 0. The van der Waals surface area contributed by atoms with Crippen LogP contribution in [0.3, 0.4) is 0 Å². The summed E-state index contributed by atoms with van der Waals surface area (Å²) in [6.45, 7) is 1.85. The summed E-state index contributed by atoms with van der Waals surface area (Å²) in [5.41, 5.74) is 6.32. The van der Waals surface area contributed by atoms with E-state index in [9.17, 15) is 4.79 Å². The van der Waals surface area contributed by atoms with Crippen LogP contribution in [0.5, 0.6) is 0 Å². The van der Waals surface area contributed by atoms with Gasteiger partial charge in [-0.05, 0) is 18.1 Å². The fourth-order valence-corrected chi connectivity index (χ4v) is 4.11. The quantitative estimate of drug-likeness (QED) is 0.175. The summed E-state index contributed by atoms with van der Waals surface area (Å²) < 4.78 is 5.76. The number of rotatable bonds is 6. The molecule has 36 heavy (non-hydrogen) atoms. The van der Waals surface area contributed by atoms with Crippen LogP contribution in [0.15, 0.2) is 143 Å². The molecule has 1 aliphatic heterocycles. The van der Waals surface area contributed by atoms with E-state index in [4.69, 9.17) is 4.74 Å². The molecule has 5 rings (SSSR count). The first-order valence-electron chi connectivity index (χ1n) is 11.7. The summed E-state index contributed by atoms with van der Waals surface area (Å²) in [6.07, 6.45) is 1.77. The Bertz CT molecular complexity index is 1440. The Hall–Kier alpha value is -4.83. The van der Waals surface area contributed by atoms with Crippen molar-refractivity contribution in [1.29, 1.82) is 0 Å². The molecule has 0 saturated carbocycles. The average molecular weight is 469 g/mol. The molecular weight excluding hydrogens is 444 g/mol. The summed E-state index contributed by atoms with van der Waals surface area (Å²) in [6, 6.07) is 39.3. The fraction of sp³-hybridized carbons (Fsp3) is 0.0312. The zero-order valence-electron chi connectivity index (χ0n) is 19.8. The zero-order chi connectivity index (χ0) is 24.7. The van der Waals surface area contributed by atoms with Crippen molar-refractivity contribution < 1.29 is 9.53 Å². The average Bonchev–Trinajstić information content (AvgIpc) is 3.26. The van der Waals surface area contributed by atoms with Crippen molar-refractivity contribution in [1.82, 2.24) is 0 Å². The molecule has 0 saturated heterocycles. The molecule has 4 heteroatoms. The van der Waals surface area contributed by atoms with Gasteiger partial charge < -0.3 is 4.74 Å². The highest BCUT2D eigenvalue weighted by molar-refractivity contribution is 6.30. The van der Waals surface area contributed by atoms with Gasteiger partial charge in [0, 0.05) is 22.8 Å². The highest BCUT2D eigenvalue weighted by atomic mass is 16.5. The van der Waals surface area contributed by atoms with Crippen molar-refractivity contribution in [3.05, 3.63) is 155 Å². The van der Waals surface area contributed by atoms with Gasteiger partial charge in [0.15, 0.2) is 0 Å². The first-order chi connectivity index (χ1) is 17.7. The van der Waals surface area contributed by atoms with Crippen LogP contribution >= 0.6 is 0 Å². The van der Waals surface area contributed by atoms with Gasteiger partial charge in [-0.3, -0.25) is 0 Å². The third kappa shape index (κ3) is 4.98. The lowest BCUT2D eigenvalue weighted by atomic mass is 9.95. The smallest absolute Gasteiger partial charge is 0.344 e. The van der Waals surface area contributed by atoms with Crippen LogP contribution < -0.4 is 0 Å². The molecule has 1 heterocycles. The molecule has 0 unspecified atom stereocenters. The minimum Gasteiger partial charge on any atom is -0.422 e. The number of cyclic esters (lactones) is 1. The number of esters is 1. The van der Waals surface area contributed by atoms with Crippen molar-refractivity contribution in [3.63, 3.8) is 0 Å². The van der Waals surface area contributed by atoms with E-state index in [2.05, 4.69) is 10.2 Å². The van der Waals surface area contributed by atoms with Crippen LogP contribution in [0.2, 0.25) is 0 Å². The third-order valence-electron chi connectivity index (χ3n) is 5.77. The third-order valence-corrected chi connectivity index (χ3v) is 5.77. The van der Waals surface area contributed by atoms with E-state index < -0.39 is 0 Å². The molecule has 0 N–H and O–H groups in total. The van der Waals surface area contributed by atoms with Crippen LogP contribution in [-0.2, 0) is 9.53 Å². The van der Waals surface area contributed by atoms with Gasteiger partial charge in [0.1, 0.15) is 11.5 Å². The molecule has 0 bridgehead atoms. The number of carbonyl (C=O) groups excluding carboxylic acids is 1. The minimum absolute atomic E-state index is 0.378. The van der Waals surface area contributed by atoms with Crippen LogP contribution in [0.25, 0.3) is 11.1 Å². The molecule has 0 amide bonds. The molecule has 0 radical (unpaired) electrons. The maximum absolute atomic E-state index is 13.0. The van der Waals surface area contributed by atoms with Crippen molar-refractivity contribution in [2.75, 3.05) is 0 Å². The van der Waals surface area contributed by atoms with E-state index in [0.29, 0.717) is 17.0 Å².